The molecule has 15 heavy (non-hydrogen) atoms. The molecule has 7 nitrogen and oxygen atoms in total. The van der Waals surface area contributed by atoms with Crippen molar-refractivity contribution in [3.8, 4) is 0 Å². The molecule has 0 aliphatic heterocycles. The van der Waals surface area contributed by atoms with Gasteiger partial charge in [-0.2, -0.15) is 4.98 Å². The van der Waals surface area contributed by atoms with Crippen molar-refractivity contribution in [1.82, 2.24) is 9.97 Å². The molecule has 0 bridgehead atoms. The van der Waals surface area contributed by atoms with Crippen molar-refractivity contribution in [2.24, 2.45) is 0 Å². The average Bonchev–Trinajstić information content (AvgIpc) is 2.18. The second kappa shape index (κ2) is 5.08. The Bertz CT molecular complexity index is 355. The topological polar surface area (TPSA) is 93.0 Å². The summed E-state index contributed by atoms with van der Waals surface area (Å²) >= 11 is 0. The van der Waals surface area contributed by atoms with Crippen LogP contribution in [0.15, 0.2) is 6.20 Å². The molecule has 1 rings (SSSR count). The van der Waals surface area contributed by atoms with E-state index in [0.29, 0.717) is 19.0 Å². The van der Waals surface area contributed by atoms with Crippen LogP contribution in [0.1, 0.15) is 13.8 Å². The summed E-state index contributed by atoms with van der Waals surface area (Å²) in [5, 5.41) is 16.3. The average molecular weight is 211 g/mol. The van der Waals surface area contributed by atoms with E-state index in [1.54, 1.807) is 0 Å². The van der Waals surface area contributed by atoms with E-state index in [1.165, 1.54) is 6.20 Å². The molecule has 0 fully saturated rings. The Morgan fingerprint density at radius 2 is 2.07 bits per heavy atom. The highest BCUT2D eigenvalue weighted by molar-refractivity contribution is 5.56. The zero-order valence-corrected chi connectivity index (χ0v) is 8.65. The fourth-order valence-corrected chi connectivity index (χ4v) is 1.05. The fourth-order valence-electron chi connectivity index (χ4n) is 1.05. The lowest BCUT2D eigenvalue weighted by atomic mass is 10.4. The van der Waals surface area contributed by atoms with Crippen LogP contribution in [0.25, 0.3) is 0 Å². The van der Waals surface area contributed by atoms with Crippen molar-refractivity contribution in [3.05, 3.63) is 16.3 Å². The van der Waals surface area contributed by atoms with Crippen molar-refractivity contribution in [3.63, 3.8) is 0 Å². The van der Waals surface area contributed by atoms with E-state index < -0.39 is 4.92 Å². The molecule has 0 atom stereocenters. The molecule has 1 heterocycles. The first-order chi connectivity index (χ1) is 7.19. The van der Waals surface area contributed by atoms with Gasteiger partial charge in [-0.15, -0.1) is 0 Å². The number of nitrogens with zero attached hydrogens (tertiary/aromatic N) is 3. The van der Waals surface area contributed by atoms with E-state index in [-0.39, 0.29) is 11.5 Å². The highest BCUT2D eigenvalue weighted by Gasteiger charge is 2.15. The molecule has 82 valence electrons. The molecule has 0 aliphatic carbocycles. The Balaban J connectivity index is 3.03. The highest BCUT2D eigenvalue weighted by Crippen LogP contribution is 2.21. The maximum atomic E-state index is 10.6. The van der Waals surface area contributed by atoms with E-state index >= 15 is 0 Å². The van der Waals surface area contributed by atoms with E-state index in [9.17, 15) is 10.1 Å². The molecule has 0 radical (unpaired) electrons. The minimum atomic E-state index is -0.506. The summed E-state index contributed by atoms with van der Waals surface area (Å²) in [5.74, 6) is 0.632. The quantitative estimate of drug-likeness (QED) is 0.562. The molecule has 0 aromatic carbocycles. The molecule has 1 aromatic rings. The number of hydrogen-bond donors (Lipinski definition) is 2. The maximum absolute atomic E-state index is 10.6. The highest BCUT2D eigenvalue weighted by atomic mass is 16.6. The maximum Gasteiger partial charge on any atom is 0.329 e. The predicted molar refractivity (Wildman–Crippen MR) is 57.0 cm³/mol. The fraction of sp³-hybridized carbons (Fsp3) is 0.500. The molecule has 1 aromatic heterocycles. The first kappa shape index (κ1) is 11.2. The second-order valence-electron chi connectivity index (χ2n) is 2.75. The van der Waals surface area contributed by atoms with Gasteiger partial charge in [-0.25, -0.2) is 4.98 Å². The lowest BCUT2D eigenvalue weighted by molar-refractivity contribution is -0.384. The number of aromatic nitrogens is 2. The minimum absolute atomic E-state index is 0.112. The third kappa shape index (κ3) is 2.76. The van der Waals surface area contributed by atoms with E-state index in [1.807, 2.05) is 13.8 Å². The van der Waals surface area contributed by atoms with Crippen LogP contribution >= 0.6 is 0 Å². The van der Waals surface area contributed by atoms with Crippen molar-refractivity contribution in [2.45, 2.75) is 13.8 Å². The summed E-state index contributed by atoms with van der Waals surface area (Å²) in [4.78, 5) is 18.0. The van der Waals surface area contributed by atoms with E-state index in [2.05, 4.69) is 20.6 Å². The van der Waals surface area contributed by atoms with Gasteiger partial charge in [0.05, 0.1) is 4.92 Å². The lowest BCUT2D eigenvalue weighted by Crippen LogP contribution is -2.08. The second-order valence-corrected chi connectivity index (χ2v) is 2.75. The van der Waals surface area contributed by atoms with Crippen molar-refractivity contribution < 1.29 is 4.92 Å². The van der Waals surface area contributed by atoms with Crippen molar-refractivity contribution in [1.29, 1.82) is 0 Å². The third-order valence-electron chi connectivity index (χ3n) is 1.65. The standard InChI is InChI=1S/C8H13N5O2/c1-3-9-7-6(13(14)15)5-11-8(12-7)10-4-2/h5H,3-4H2,1-2H3,(H2,9,10,11,12). The number of hydrogen-bond acceptors (Lipinski definition) is 6. The number of rotatable bonds is 5. The molecule has 0 saturated heterocycles. The molecule has 0 aliphatic rings. The van der Waals surface area contributed by atoms with Gasteiger partial charge in [0.2, 0.25) is 11.8 Å². The monoisotopic (exact) mass is 211 g/mol. The molecular weight excluding hydrogens is 198 g/mol. The van der Waals surface area contributed by atoms with Crippen LogP contribution < -0.4 is 10.6 Å². The summed E-state index contributed by atoms with van der Waals surface area (Å²) in [6.07, 6.45) is 1.20. The van der Waals surface area contributed by atoms with Crippen molar-refractivity contribution in [2.75, 3.05) is 23.7 Å². The van der Waals surface area contributed by atoms with Gasteiger partial charge in [-0.3, -0.25) is 10.1 Å². The Morgan fingerprint density at radius 1 is 1.40 bits per heavy atom. The van der Waals surface area contributed by atoms with Gasteiger partial charge < -0.3 is 10.6 Å². The molecule has 0 spiro atoms. The summed E-state index contributed by atoms with van der Waals surface area (Å²) < 4.78 is 0. The summed E-state index contributed by atoms with van der Waals surface area (Å²) in [5.41, 5.74) is -0.112. The van der Waals surface area contributed by atoms with Crippen LogP contribution in [0.5, 0.6) is 0 Å². The van der Waals surface area contributed by atoms with Gasteiger partial charge >= 0.3 is 5.69 Å². The largest absolute Gasteiger partial charge is 0.364 e. The Hall–Kier alpha value is -1.92. The summed E-state index contributed by atoms with van der Waals surface area (Å²) in [6, 6.07) is 0. The first-order valence-electron chi connectivity index (χ1n) is 4.68. The van der Waals surface area contributed by atoms with Crippen LogP contribution in [0.2, 0.25) is 0 Å². The normalized spacial score (nSPS) is 9.73. The number of anilines is 2. The first-order valence-corrected chi connectivity index (χ1v) is 4.68. The van der Waals surface area contributed by atoms with Gasteiger partial charge in [-0.1, -0.05) is 0 Å². The van der Waals surface area contributed by atoms with Gasteiger partial charge in [0.1, 0.15) is 6.20 Å². The Kier molecular flexibility index (Phi) is 3.78. The zero-order chi connectivity index (χ0) is 11.3. The molecule has 7 heteroatoms. The summed E-state index contributed by atoms with van der Waals surface area (Å²) in [7, 11) is 0. The molecule has 0 saturated carbocycles. The Labute approximate surface area is 87.1 Å². The Morgan fingerprint density at radius 3 is 2.60 bits per heavy atom. The summed E-state index contributed by atoms with van der Waals surface area (Å²) in [6.45, 7) is 4.99. The van der Waals surface area contributed by atoms with Crippen molar-refractivity contribution >= 4 is 17.5 Å². The predicted octanol–water partition coefficient (Wildman–Crippen LogP) is 1.25. The van der Waals surface area contributed by atoms with Gasteiger partial charge in [0.15, 0.2) is 0 Å². The van der Waals surface area contributed by atoms with E-state index in [4.69, 9.17) is 0 Å². The number of nitro groups is 1. The van der Waals surface area contributed by atoms with Gasteiger partial charge in [0, 0.05) is 13.1 Å². The van der Waals surface area contributed by atoms with Gasteiger partial charge in [-0.05, 0) is 13.8 Å². The van der Waals surface area contributed by atoms with Gasteiger partial charge in [0.25, 0.3) is 0 Å². The molecule has 0 unspecified atom stereocenters. The SMILES string of the molecule is CCNc1ncc([N+](=O)[O-])c(NCC)n1. The minimum Gasteiger partial charge on any atom is -0.364 e. The van der Waals surface area contributed by atoms with Crippen LogP contribution in [0.4, 0.5) is 17.5 Å². The van der Waals surface area contributed by atoms with Crippen LogP contribution in [-0.2, 0) is 0 Å². The smallest absolute Gasteiger partial charge is 0.329 e. The van der Waals surface area contributed by atoms with E-state index in [0.717, 1.165) is 0 Å². The van der Waals surface area contributed by atoms with Crippen LogP contribution in [0, 0.1) is 10.1 Å². The lowest BCUT2D eigenvalue weighted by Gasteiger charge is -2.05. The van der Waals surface area contributed by atoms with Crippen LogP contribution in [-0.4, -0.2) is 28.0 Å². The molecular formula is C8H13N5O2. The van der Waals surface area contributed by atoms with Crippen LogP contribution in [0.3, 0.4) is 0 Å². The number of nitrogens with one attached hydrogen (secondary N) is 2. The molecule has 0 amide bonds. The zero-order valence-electron chi connectivity index (χ0n) is 8.65. The molecule has 2 N–H and O–H groups in total. The third-order valence-corrected chi connectivity index (χ3v) is 1.65.